The Bertz CT molecular complexity index is 267. The monoisotopic (exact) mass is 191 g/mol. The van der Waals surface area contributed by atoms with Gasteiger partial charge in [0, 0.05) is 5.41 Å². The summed E-state index contributed by atoms with van der Waals surface area (Å²) in [5.41, 5.74) is -0.609. The number of rotatable bonds is 2. The Kier molecular flexibility index (Phi) is 3.33. The van der Waals surface area contributed by atoms with Crippen LogP contribution in [0.2, 0.25) is 0 Å². The van der Waals surface area contributed by atoms with Crippen molar-refractivity contribution < 1.29 is 13.5 Å². The van der Waals surface area contributed by atoms with Crippen LogP contribution >= 0.6 is 0 Å². The Balaban J connectivity index is 4.83. The van der Waals surface area contributed by atoms with E-state index < -0.39 is 15.3 Å². The van der Waals surface area contributed by atoms with Gasteiger partial charge in [-0.15, -0.1) is 5.76 Å². The van der Waals surface area contributed by atoms with Crippen molar-refractivity contribution in [2.45, 2.75) is 27.7 Å². The van der Waals surface area contributed by atoms with E-state index in [2.05, 4.69) is 0 Å². The predicted molar refractivity (Wildman–Crippen MR) is 47.0 cm³/mol. The fourth-order valence-electron chi connectivity index (χ4n) is 0.423. The first-order valence-corrected chi connectivity index (χ1v) is 5.52. The topological polar surface area (TPSA) is 57.2 Å². The third-order valence-corrected chi connectivity index (χ3v) is 2.81. The largest absolute Gasteiger partial charge is 0.875 e. The molecular formula is C8H15O3S-. The van der Waals surface area contributed by atoms with Crippen molar-refractivity contribution in [3.8, 4) is 0 Å². The highest BCUT2D eigenvalue weighted by molar-refractivity contribution is 7.94. The molecule has 0 heterocycles. The highest BCUT2D eigenvalue weighted by Gasteiger charge is 2.11. The summed E-state index contributed by atoms with van der Waals surface area (Å²) in [5, 5.41) is 12.0. The number of allylic oxidation sites excluding steroid dienone is 1. The van der Waals surface area contributed by atoms with Gasteiger partial charge < -0.3 is 5.11 Å². The Morgan fingerprint density at radius 1 is 1.42 bits per heavy atom. The first-order chi connectivity index (χ1) is 5.19. The van der Waals surface area contributed by atoms with Gasteiger partial charge in [0.05, 0.1) is 5.75 Å². The van der Waals surface area contributed by atoms with Gasteiger partial charge in [-0.25, -0.2) is 8.42 Å². The van der Waals surface area contributed by atoms with Crippen LogP contribution in [0.3, 0.4) is 0 Å². The molecule has 0 unspecified atom stereocenters. The lowest BCUT2D eigenvalue weighted by atomic mass is 9.95. The molecule has 0 bridgehead atoms. The summed E-state index contributed by atoms with van der Waals surface area (Å²) in [6.07, 6.45) is 0. The lowest BCUT2D eigenvalue weighted by molar-refractivity contribution is -0.322. The van der Waals surface area contributed by atoms with Gasteiger partial charge in [0.15, 0.2) is 9.84 Å². The molecule has 0 aromatic heterocycles. The first-order valence-electron chi connectivity index (χ1n) is 3.81. The van der Waals surface area contributed by atoms with Gasteiger partial charge in [-0.2, -0.15) is 0 Å². The fraction of sp³-hybridized carbons (Fsp3) is 0.750. The van der Waals surface area contributed by atoms with E-state index in [1.165, 1.54) is 6.92 Å². The minimum Gasteiger partial charge on any atom is -0.875 e. The molecule has 0 aliphatic carbocycles. The van der Waals surface area contributed by atoms with Crippen molar-refractivity contribution in [1.82, 2.24) is 0 Å². The quantitative estimate of drug-likeness (QED) is 0.603. The zero-order valence-corrected chi connectivity index (χ0v) is 8.73. The normalized spacial score (nSPS) is 14.8. The van der Waals surface area contributed by atoms with Crippen molar-refractivity contribution in [3.05, 3.63) is 11.2 Å². The van der Waals surface area contributed by atoms with E-state index in [0.29, 0.717) is 0 Å². The van der Waals surface area contributed by atoms with Crippen LogP contribution in [0.15, 0.2) is 11.2 Å². The molecule has 0 spiro atoms. The van der Waals surface area contributed by atoms with Crippen LogP contribution in [0.5, 0.6) is 0 Å². The number of hydrogen-bond donors (Lipinski definition) is 0. The second-order valence-electron chi connectivity index (χ2n) is 3.68. The van der Waals surface area contributed by atoms with Crippen LogP contribution in [-0.4, -0.2) is 14.2 Å². The Labute approximate surface area is 74.0 Å². The van der Waals surface area contributed by atoms with Crippen LogP contribution in [0, 0.1) is 5.41 Å². The number of hydrogen-bond acceptors (Lipinski definition) is 3. The Morgan fingerprint density at radius 2 is 1.83 bits per heavy atom. The van der Waals surface area contributed by atoms with Crippen molar-refractivity contribution in [1.29, 1.82) is 0 Å². The first kappa shape index (κ1) is 11.5. The molecule has 0 fully saturated rings. The van der Waals surface area contributed by atoms with Crippen molar-refractivity contribution in [3.63, 3.8) is 0 Å². The van der Waals surface area contributed by atoms with Gasteiger partial charge in [0.2, 0.25) is 0 Å². The summed E-state index contributed by atoms with van der Waals surface area (Å²) in [7, 11) is -3.28. The molecule has 0 radical (unpaired) electrons. The van der Waals surface area contributed by atoms with E-state index in [4.69, 9.17) is 0 Å². The molecule has 0 aromatic rings. The Morgan fingerprint density at radius 3 is 2.08 bits per heavy atom. The smallest absolute Gasteiger partial charge is 0.170 e. The standard InChI is InChI=1S/C8H16O3S/c1-5-12(10,11)6-7(9)8(2,3)4/h6,9H,5H2,1-4H3/p-1/b7-6-. The summed E-state index contributed by atoms with van der Waals surface area (Å²) >= 11 is 0. The molecule has 0 amide bonds. The molecule has 0 atom stereocenters. The fourth-order valence-corrected chi connectivity index (χ4v) is 1.27. The molecule has 0 N–H and O–H groups in total. The van der Waals surface area contributed by atoms with Crippen LogP contribution in [0.4, 0.5) is 0 Å². The highest BCUT2D eigenvalue weighted by atomic mass is 32.2. The van der Waals surface area contributed by atoms with Gasteiger partial charge in [0.25, 0.3) is 0 Å². The third kappa shape index (κ3) is 3.76. The van der Waals surface area contributed by atoms with Crippen LogP contribution in [-0.2, 0) is 9.84 Å². The van der Waals surface area contributed by atoms with Gasteiger partial charge in [-0.3, -0.25) is 0 Å². The van der Waals surface area contributed by atoms with Gasteiger partial charge in [-0.05, 0) is 5.41 Å². The zero-order valence-electron chi connectivity index (χ0n) is 7.92. The molecule has 0 saturated heterocycles. The van der Waals surface area contributed by atoms with Gasteiger partial charge >= 0.3 is 0 Å². The van der Waals surface area contributed by atoms with Crippen molar-refractivity contribution in [2.24, 2.45) is 5.41 Å². The third-order valence-electron chi connectivity index (χ3n) is 1.43. The van der Waals surface area contributed by atoms with Crippen molar-refractivity contribution >= 4 is 9.84 Å². The van der Waals surface area contributed by atoms with Gasteiger partial charge in [0.1, 0.15) is 0 Å². The van der Waals surface area contributed by atoms with E-state index in [0.717, 1.165) is 5.41 Å². The minimum atomic E-state index is -3.28. The summed E-state index contributed by atoms with van der Waals surface area (Å²) in [4.78, 5) is 0. The molecule has 0 aliphatic heterocycles. The minimum absolute atomic E-state index is 0.0190. The SMILES string of the molecule is CCS(=O)(=O)/C=C(\[O-])C(C)(C)C. The number of sulfone groups is 1. The molecular weight excluding hydrogens is 176 g/mol. The summed E-state index contributed by atoms with van der Waals surface area (Å²) in [6, 6.07) is 0. The van der Waals surface area contributed by atoms with Gasteiger partial charge in [-0.1, -0.05) is 27.7 Å². The lowest BCUT2D eigenvalue weighted by Crippen LogP contribution is -2.22. The van der Waals surface area contributed by atoms with E-state index >= 15 is 0 Å². The van der Waals surface area contributed by atoms with E-state index in [-0.39, 0.29) is 11.5 Å². The van der Waals surface area contributed by atoms with E-state index in [1.54, 1.807) is 20.8 Å². The van der Waals surface area contributed by atoms with Crippen LogP contribution in [0.1, 0.15) is 27.7 Å². The summed E-state index contributed by atoms with van der Waals surface area (Å²) in [5.74, 6) is -0.362. The maximum absolute atomic E-state index is 11.2. The average Bonchev–Trinajstić information content (AvgIpc) is 1.85. The molecule has 12 heavy (non-hydrogen) atoms. The average molecular weight is 191 g/mol. The molecule has 0 rings (SSSR count). The Hall–Kier alpha value is -0.510. The van der Waals surface area contributed by atoms with Crippen LogP contribution < -0.4 is 5.11 Å². The van der Waals surface area contributed by atoms with Crippen LogP contribution in [0.25, 0.3) is 0 Å². The molecule has 0 saturated carbocycles. The maximum atomic E-state index is 11.2. The molecule has 4 heteroatoms. The second-order valence-corrected chi connectivity index (χ2v) is 5.82. The highest BCUT2D eigenvalue weighted by Crippen LogP contribution is 2.20. The zero-order chi connectivity index (χ0) is 9.99. The molecule has 0 aliphatic rings. The lowest BCUT2D eigenvalue weighted by Gasteiger charge is -2.27. The predicted octanol–water partition coefficient (Wildman–Crippen LogP) is 0.669. The van der Waals surface area contributed by atoms with E-state index in [9.17, 15) is 13.5 Å². The molecule has 72 valence electrons. The summed E-state index contributed by atoms with van der Waals surface area (Å²) < 4.78 is 22.0. The molecule has 3 nitrogen and oxygen atoms in total. The van der Waals surface area contributed by atoms with E-state index in [1.807, 2.05) is 0 Å². The van der Waals surface area contributed by atoms with Crippen molar-refractivity contribution in [2.75, 3.05) is 5.75 Å². The second kappa shape index (κ2) is 3.47. The summed E-state index contributed by atoms with van der Waals surface area (Å²) in [6.45, 7) is 6.59. The molecule has 0 aromatic carbocycles. The maximum Gasteiger partial charge on any atom is 0.170 e.